The van der Waals surface area contributed by atoms with Crippen molar-refractivity contribution in [1.82, 2.24) is 9.80 Å². The molecular weight excluding hydrogens is 152 g/mol. The number of carbonyl (C=O) groups excluding carboxylic acids is 1. The summed E-state index contributed by atoms with van der Waals surface area (Å²) >= 11 is 0. The van der Waals surface area contributed by atoms with Crippen LogP contribution in [0.2, 0.25) is 0 Å². The van der Waals surface area contributed by atoms with Crippen molar-refractivity contribution in [3.63, 3.8) is 0 Å². The predicted molar refractivity (Wildman–Crippen MR) is 50.8 cm³/mol. The molecule has 1 amide bonds. The molecule has 0 saturated carbocycles. The van der Waals surface area contributed by atoms with Gasteiger partial charge in [-0.05, 0) is 13.8 Å². The van der Waals surface area contributed by atoms with Gasteiger partial charge in [0, 0.05) is 39.5 Å². The maximum atomic E-state index is 11.3. The van der Waals surface area contributed by atoms with E-state index in [4.69, 9.17) is 0 Å². The molecule has 0 aliphatic rings. The van der Waals surface area contributed by atoms with E-state index in [9.17, 15) is 4.79 Å². The number of nitrogens with zero attached hydrogens (tertiary/aromatic N) is 2. The molecule has 0 heterocycles. The molecule has 0 aromatic rings. The summed E-state index contributed by atoms with van der Waals surface area (Å²) in [5.74, 6) is 0.0775. The summed E-state index contributed by atoms with van der Waals surface area (Å²) in [5, 5.41) is 0. The smallest absolute Gasteiger partial charge is 0.247 e. The Morgan fingerprint density at radius 3 is 2.08 bits per heavy atom. The van der Waals surface area contributed by atoms with Crippen LogP contribution in [0.15, 0.2) is 12.3 Å². The lowest BCUT2D eigenvalue weighted by Gasteiger charge is -2.16. The molecule has 0 fully saturated rings. The largest absolute Gasteiger partial charge is 0.383 e. The lowest BCUT2D eigenvalue weighted by Crippen LogP contribution is -2.29. The second kappa shape index (κ2) is 5.63. The fraction of sp³-hybridized carbons (Fsp3) is 0.667. The van der Waals surface area contributed by atoms with Crippen molar-refractivity contribution in [1.29, 1.82) is 0 Å². The normalized spacial score (nSPS) is 10.3. The predicted octanol–water partition coefficient (Wildman–Crippen LogP) is 0.930. The lowest BCUT2D eigenvalue weighted by molar-refractivity contribution is -0.125. The molecule has 0 aliphatic carbocycles. The zero-order chi connectivity index (χ0) is 9.56. The van der Waals surface area contributed by atoms with Crippen molar-refractivity contribution in [3.05, 3.63) is 12.3 Å². The van der Waals surface area contributed by atoms with Crippen LogP contribution in [0.25, 0.3) is 0 Å². The molecule has 0 radical (unpaired) electrons. The number of rotatable bonds is 4. The summed E-state index contributed by atoms with van der Waals surface area (Å²) in [7, 11) is 3.79. The van der Waals surface area contributed by atoms with E-state index in [0.29, 0.717) is 0 Å². The number of carbonyl (C=O) groups is 1. The highest BCUT2D eigenvalue weighted by molar-refractivity contribution is 5.87. The van der Waals surface area contributed by atoms with Crippen LogP contribution in [0.5, 0.6) is 0 Å². The third-order valence-corrected chi connectivity index (χ3v) is 1.59. The van der Waals surface area contributed by atoms with Crippen molar-refractivity contribution in [3.8, 4) is 0 Å². The lowest BCUT2D eigenvalue weighted by atomic mass is 10.4. The molecule has 0 N–H and O–H groups in total. The summed E-state index contributed by atoms with van der Waals surface area (Å²) < 4.78 is 0. The molecule has 0 bridgehead atoms. The van der Waals surface area contributed by atoms with E-state index in [0.717, 1.165) is 13.1 Å². The summed E-state index contributed by atoms with van der Waals surface area (Å²) in [6.07, 6.45) is 3.35. The van der Waals surface area contributed by atoms with E-state index in [-0.39, 0.29) is 5.91 Å². The van der Waals surface area contributed by atoms with Gasteiger partial charge in [-0.15, -0.1) is 0 Å². The molecule has 3 nitrogen and oxygen atoms in total. The molecule has 70 valence electrons. The van der Waals surface area contributed by atoms with Crippen molar-refractivity contribution in [2.24, 2.45) is 0 Å². The van der Waals surface area contributed by atoms with E-state index >= 15 is 0 Å². The van der Waals surface area contributed by atoms with Crippen LogP contribution in [0.3, 0.4) is 0 Å². The summed E-state index contributed by atoms with van der Waals surface area (Å²) in [5.41, 5.74) is 0. The first-order valence-corrected chi connectivity index (χ1v) is 4.25. The molecule has 0 unspecified atom stereocenters. The van der Waals surface area contributed by atoms with Gasteiger partial charge in [-0.25, -0.2) is 0 Å². The minimum Gasteiger partial charge on any atom is -0.383 e. The third kappa shape index (κ3) is 4.01. The molecule has 3 heteroatoms. The Hall–Kier alpha value is -0.990. The standard InChI is InChI=1S/C9H18N2O/c1-5-11(6-2)9(12)7-8-10(3)4/h7-8H,5-6H2,1-4H3. The van der Waals surface area contributed by atoms with Crippen LogP contribution in [0.1, 0.15) is 13.8 Å². The highest BCUT2D eigenvalue weighted by Gasteiger charge is 2.03. The van der Waals surface area contributed by atoms with E-state index in [1.807, 2.05) is 32.8 Å². The Balaban J connectivity index is 4.01. The first kappa shape index (κ1) is 11.0. The minimum absolute atomic E-state index is 0.0775. The molecular formula is C9H18N2O. The fourth-order valence-electron chi connectivity index (χ4n) is 0.854. The van der Waals surface area contributed by atoms with E-state index in [2.05, 4.69) is 0 Å². The Labute approximate surface area is 74.7 Å². The van der Waals surface area contributed by atoms with Crippen LogP contribution < -0.4 is 0 Å². The van der Waals surface area contributed by atoms with E-state index in [1.54, 1.807) is 17.2 Å². The van der Waals surface area contributed by atoms with Gasteiger partial charge >= 0.3 is 0 Å². The molecule has 0 spiro atoms. The van der Waals surface area contributed by atoms with Gasteiger partial charge < -0.3 is 9.80 Å². The van der Waals surface area contributed by atoms with Crippen molar-refractivity contribution in [2.45, 2.75) is 13.8 Å². The molecule has 0 aliphatic heterocycles. The van der Waals surface area contributed by atoms with Gasteiger partial charge in [-0.2, -0.15) is 0 Å². The third-order valence-electron chi connectivity index (χ3n) is 1.59. The Morgan fingerprint density at radius 2 is 1.75 bits per heavy atom. The molecule has 0 aromatic heterocycles. The second-order valence-electron chi connectivity index (χ2n) is 2.79. The Bertz CT molecular complexity index is 160. The summed E-state index contributed by atoms with van der Waals surface area (Å²) in [6.45, 7) is 5.50. The highest BCUT2D eigenvalue weighted by Crippen LogP contribution is 1.90. The first-order chi connectivity index (χ1) is 5.61. The average molecular weight is 170 g/mol. The van der Waals surface area contributed by atoms with Gasteiger partial charge in [0.25, 0.3) is 0 Å². The number of hydrogen-bond donors (Lipinski definition) is 0. The van der Waals surface area contributed by atoms with Crippen LogP contribution in [-0.4, -0.2) is 42.9 Å². The summed E-state index contributed by atoms with van der Waals surface area (Å²) in [6, 6.07) is 0. The Kier molecular flexibility index (Phi) is 5.17. The second-order valence-corrected chi connectivity index (χ2v) is 2.79. The SMILES string of the molecule is CCN(CC)C(=O)C=CN(C)C. The van der Waals surface area contributed by atoms with E-state index in [1.165, 1.54) is 0 Å². The monoisotopic (exact) mass is 170 g/mol. The van der Waals surface area contributed by atoms with Gasteiger partial charge in [0.2, 0.25) is 5.91 Å². The van der Waals surface area contributed by atoms with Crippen molar-refractivity contribution < 1.29 is 4.79 Å². The topological polar surface area (TPSA) is 23.6 Å². The maximum absolute atomic E-state index is 11.3. The van der Waals surface area contributed by atoms with Gasteiger partial charge in [0.1, 0.15) is 0 Å². The molecule has 0 rings (SSSR count). The van der Waals surface area contributed by atoms with Crippen LogP contribution >= 0.6 is 0 Å². The van der Waals surface area contributed by atoms with Crippen LogP contribution in [0.4, 0.5) is 0 Å². The zero-order valence-electron chi connectivity index (χ0n) is 8.37. The average Bonchev–Trinajstić information content (AvgIpc) is 2.03. The first-order valence-electron chi connectivity index (χ1n) is 4.25. The van der Waals surface area contributed by atoms with Crippen molar-refractivity contribution >= 4 is 5.91 Å². The number of hydrogen-bond acceptors (Lipinski definition) is 2. The van der Waals surface area contributed by atoms with Gasteiger partial charge in [-0.3, -0.25) is 4.79 Å². The Morgan fingerprint density at radius 1 is 1.25 bits per heavy atom. The van der Waals surface area contributed by atoms with Crippen molar-refractivity contribution in [2.75, 3.05) is 27.2 Å². The summed E-state index contributed by atoms with van der Waals surface area (Å²) in [4.78, 5) is 14.9. The number of likely N-dealkylation sites (N-methyl/N-ethyl adjacent to an activating group) is 1. The number of amides is 1. The highest BCUT2D eigenvalue weighted by atomic mass is 16.2. The van der Waals surface area contributed by atoms with Gasteiger partial charge in [-0.1, -0.05) is 0 Å². The molecule has 0 atom stereocenters. The molecule has 0 saturated heterocycles. The van der Waals surface area contributed by atoms with Gasteiger partial charge in [0.05, 0.1) is 0 Å². The zero-order valence-corrected chi connectivity index (χ0v) is 8.37. The quantitative estimate of drug-likeness (QED) is 0.586. The maximum Gasteiger partial charge on any atom is 0.247 e. The van der Waals surface area contributed by atoms with E-state index < -0.39 is 0 Å². The molecule has 12 heavy (non-hydrogen) atoms. The minimum atomic E-state index is 0.0775. The van der Waals surface area contributed by atoms with Gasteiger partial charge in [0.15, 0.2) is 0 Å². The molecule has 0 aromatic carbocycles. The van der Waals surface area contributed by atoms with Crippen LogP contribution in [0, 0.1) is 0 Å². The van der Waals surface area contributed by atoms with Crippen LogP contribution in [-0.2, 0) is 4.79 Å². The fourth-order valence-corrected chi connectivity index (χ4v) is 0.854.